The van der Waals surface area contributed by atoms with Crippen LogP contribution in [0.4, 0.5) is 4.79 Å². The first-order chi connectivity index (χ1) is 9.16. The Labute approximate surface area is 119 Å². The second-order valence-corrected chi connectivity index (χ2v) is 7.16. The molecule has 0 aromatic rings. The topological polar surface area (TPSA) is 57.2 Å². The first-order valence-corrected chi connectivity index (χ1v) is 7.21. The van der Waals surface area contributed by atoms with Gasteiger partial charge in [-0.05, 0) is 47.5 Å². The molecular formula is C14H23NO5. The van der Waals surface area contributed by atoms with Crippen molar-refractivity contribution < 1.29 is 23.8 Å². The van der Waals surface area contributed by atoms with Gasteiger partial charge >= 0.3 is 6.09 Å². The van der Waals surface area contributed by atoms with Crippen molar-refractivity contribution >= 4 is 6.09 Å². The Morgan fingerprint density at radius 3 is 2.50 bits per heavy atom. The summed E-state index contributed by atoms with van der Waals surface area (Å²) in [5, 5.41) is 1.35. The van der Waals surface area contributed by atoms with Crippen molar-refractivity contribution in [1.82, 2.24) is 5.06 Å². The molecular weight excluding hydrogens is 262 g/mol. The van der Waals surface area contributed by atoms with Crippen molar-refractivity contribution in [3.8, 4) is 0 Å². The lowest BCUT2D eigenvalue weighted by Crippen LogP contribution is -2.64. The number of fused-ring (bicyclic) bond motifs is 2. The highest BCUT2D eigenvalue weighted by molar-refractivity contribution is 5.67. The van der Waals surface area contributed by atoms with Gasteiger partial charge in [-0.1, -0.05) is 0 Å². The molecule has 0 spiro atoms. The minimum Gasteiger partial charge on any atom is -0.442 e. The van der Waals surface area contributed by atoms with Gasteiger partial charge in [-0.25, -0.2) is 4.79 Å². The van der Waals surface area contributed by atoms with Gasteiger partial charge in [0.15, 0.2) is 5.79 Å². The number of hydrogen-bond acceptors (Lipinski definition) is 5. The van der Waals surface area contributed by atoms with Crippen LogP contribution < -0.4 is 0 Å². The monoisotopic (exact) mass is 285 g/mol. The van der Waals surface area contributed by atoms with Gasteiger partial charge < -0.3 is 14.2 Å². The van der Waals surface area contributed by atoms with E-state index in [1.54, 1.807) is 0 Å². The normalized spacial score (nSPS) is 38.8. The predicted molar refractivity (Wildman–Crippen MR) is 69.8 cm³/mol. The van der Waals surface area contributed by atoms with Crippen LogP contribution in [-0.2, 0) is 19.0 Å². The molecule has 114 valence electrons. The number of carbonyl (C=O) groups excluding carboxylic acids is 1. The standard InChI is InChI=1S/C14H23NO5/c1-13(2,3)19-12(16)15-8-6-7-9(20-15)11-10(8)17-14(4,5)18-11/h8-11H,6-7H2,1-5H3. The van der Waals surface area contributed by atoms with E-state index in [9.17, 15) is 4.79 Å². The summed E-state index contributed by atoms with van der Waals surface area (Å²) >= 11 is 0. The Morgan fingerprint density at radius 2 is 1.85 bits per heavy atom. The molecule has 0 radical (unpaired) electrons. The molecule has 4 fully saturated rings. The highest BCUT2D eigenvalue weighted by Gasteiger charge is 2.59. The number of carbonyl (C=O) groups is 1. The first-order valence-electron chi connectivity index (χ1n) is 7.21. The number of ether oxygens (including phenoxy) is 3. The van der Waals surface area contributed by atoms with Crippen LogP contribution in [0.25, 0.3) is 0 Å². The molecule has 20 heavy (non-hydrogen) atoms. The van der Waals surface area contributed by atoms with Crippen LogP contribution >= 0.6 is 0 Å². The fourth-order valence-electron chi connectivity index (χ4n) is 3.14. The van der Waals surface area contributed by atoms with Gasteiger partial charge in [0.25, 0.3) is 0 Å². The molecule has 3 heterocycles. The SMILES string of the molecule is CC(C)(C)OC(=O)N1OC2CCC1C1OC(C)(C)OC21. The molecule has 4 unspecified atom stereocenters. The number of amides is 1. The number of rotatable bonds is 0. The summed E-state index contributed by atoms with van der Waals surface area (Å²) in [4.78, 5) is 18.0. The molecule has 3 saturated heterocycles. The number of hydrogen-bond donors (Lipinski definition) is 0. The third kappa shape index (κ3) is 2.40. The maximum atomic E-state index is 12.2. The van der Waals surface area contributed by atoms with E-state index in [-0.39, 0.29) is 24.4 Å². The Bertz CT molecular complexity index is 416. The van der Waals surface area contributed by atoms with Crippen LogP contribution in [0.3, 0.4) is 0 Å². The summed E-state index contributed by atoms with van der Waals surface area (Å²) in [6, 6.07) is -0.137. The van der Waals surface area contributed by atoms with E-state index in [0.717, 1.165) is 12.8 Å². The second kappa shape index (κ2) is 4.32. The Kier molecular flexibility index (Phi) is 3.05. The van der Waals surface area contributed by atoms with Crippen molar-refractivity contribution in [3.63, 3.8) is 0 Å². The Balaban J connectivity index is 1.76. The summed E-state index contributed by atoms with van der Waals surface area (Å²) in [6.45, 7) is 9.31. The van der Waals surface area contributed by atoms with Crippen molar-refractivity contribution in [2.24, 2.45) is 0 Å². The minimum absolute atomic E-state index is 0.0950. The van der Waals surface area contributed by atoms with Gasteiger partial charge in [0.1, 0.15) is 23.9 Å². The molecule has 1 aliphatic carbocycles. The fraction of sp³-hybridized carbons (Fsp3) is 0.929. The summed E-state index contributed by atoms with van der Waals surface area (Å²) in [5.41, 5.74) is -0.539. The van der Waals surface area contributed by atoms with Crippen molar-refractivity contribution in [3.05, 3.63) is 0 Å². The highest BCUT2D eigenvalue weighted by Crippen LogP contribution is 2.44. The predicted octanol–water partition coefficient (Wildman–Crippen LogP) is 2.22. The van der Waals surface area contributed by atoms with Crippen LogP contribution in [0.1, 0.15) is 47.5 Å². The molecule has 4 rings (SSSR count). The van der Waals surface area contributed by atoms with Gasteiger partial charge in [-0.3, -0.25) is 4.84 Å². The zero-order valence-electron chi connectivity index (χ0n) is 12.7. The van der Waals surface area contributed by atoms with E-state index in [2.05, 4.69) is 0 Å². The average Bonchev–Trinajstić information content (AvgIpc) is 2.63. The van der Waals surface area contributed by atoms with E-state index in [1.807, 2.05) is 34.6 Å². The maximum Gasteiger partial charge on any atom is 0.434 e. The molecule has 1 saturated carbocycles. The van der Waals surface area contributed by atoms with E-state index in [1.165, 1.54) is 5.06 Å². The van der Waals surface area contributed by atoms with Gasteiger partial charge in [0.2, 0.25) is 0 Å². The maximum absolute atomic E-state index is 12.2. The van der Waals surface area contributed by atoms with Gasteiger partial charge in [-0.15, -0.1) is 0 Å². The average molecular weight is 285 g/mol. The Hall–Kier alpha value is -0.850. The molecule has 6 nitrogen and oxygen atoms in total. The lowest BCUT2D eigenvalue weighted by atomic mass is 9.86. The minimum atomic E-state index is -0.622. The lowest BCUT2D eigenvalue weighted by Gasteiger charge is -2.48. The van der Waals surface area contributed by atoms with Crippen molar-refractivity contribution in [1.29, 1.82) is 0 Å². The van der Waals surface area contributed by atoms with Gasteiger partial charge in [0, 0.05) is 0 Å². The summed E-state index contributed by atoms with van der Waals surface area (Å²) in [6.07, 6.45) is 0.917. The zero-order valence-corrected chi connectivity index (χ0v) is 12.7. The molecule has 0 aromatic carbocycles. The molecule has 1 amide bonds. The molecule has 4 atom stereocenters. The van der Waals surface area contributed by atoms with E-state index < -0.39 is 17.5 Å². The van der Waals surface area contributed by atoms with Crippen LogP contribution in [0.5, 0.6) is 0 Å². The largest absolute Gasteiger partial charge is 0.442 e. The molecule has 0 N–H and O–H groups in total. The lowest BCUT2D eigenvalue weighted by molar-refractivity contribution is -0.295. The third-order valence-electron chi connectivity index (χ3n) is 3.78. The van der Waals surface area contributed by atoms with Crippen molar-refractivity contribution in [2.75, 3.05) is 0 Å². The van der Waals surface area contributed by atoms with Crippen LogP contribution in [0, 0.1) is 0 Å². The molecule has 6 heteroatoms. The fourth-order valence-corrected chi connectivity index (χ4v) is 3.14. The van der Waals surface area contributed by atoms with E-state index >= 15 is 0 Å². The third-order valence-corrected chi connectivity index (χ3v) is 3.78. The van der Waals surface area contributed by atoms with Crippen LogP contribution in [-0.4, -0.2) is 46.9 Å². The number of hydroxylamine groups is 2. The molecule has 4 aliphatic rings. The smallest absolute Gasteiger partial charge is 0.434 e. The van der Waals surface area contributed by atoms with Gasteiger partial charge in [0.05, 0.1) is 6.04 Å². The highest BCUT2D eigenvalue weighted by atomic mass is 16.8. The summed E-state index contributed by atoms with van der Waals surface area (Å²) in [5.74, 6) is -0.622. The van der Waals surface area contributed by atoms with Crippen LogP contribution in [0.2, 0.25) is 0 Å². The number of nitrogens with zero attached hydrogens (tertiary/aromatic N) is 1. The molecule has 3 aliphatic heterocycles. The van der Waals surface area contributed by atoms with E-state index in [0.29, 0.717) is 0 Å². The van der Waals surface area contributed by atoms with E-state index in [4.69, 9.17) is 19.0 Å². The second-order valence-electron chi connectivity index (χ2n) is 7.16. The van der Waals surface area contributed by atoms with Crippen molar-refractivity contribution in [2.45, 2.75) is 83.2 Å². The van der Waals surface area contributed by atoms with Crippen LogP contribution in [0.15, 0.2) is 0 Å². The molecule has 2 bridgehead atoms. The van der Waals surface area contributed by atoms with Gasteiger partial charge in [-0.2, -0.15) is 5.06 Å². The Morgan fingerprint density at radius 1 is 1.20 bits per heavy atom. The first kappa shape index (κ1) is 14.1. The summed E-state index contributed by atoms with van der Waals surface area (Å²) < 4.78 is 17.2. The summed E-state index contributed by atoms with van der Waals surface area (Å²) in [7, 11) is 0. The molecule has 0 aromatic heterocycles. The quantitative estimate of drug-likeness (QED) is 0.683. The zero-order chi connectivity index (χ0) is 14.7.